The predicted octanol–water partition coefficient (Wildman–Crippen LogP) is 4.24. The molecular formula is C25H28N2O2. The van der Waals surface area contributed by atoms with Gasteiger partial charge >= 0.3 is 0 Å². The summed E-state index contributed by atoms with van der Waals surface area (Å²) in [5.74, 6) is 1.02. The van der Waals surface area contributed by atoms with Gasteiger partial charge in [-0.2, -0.15) is 0 Å². The van der Waals surface area contributed by atoms with Gasteiger partial charge in [-0.05, 0) is 23.1 Å². The number of hydrogen-bond donors (Lipinski definition) is 0. The lowest BCUT2D eigenvalue weighted by molar-refractivity contribution is 0.0924. The third kappa shape index (κ3) is 4.66. The Labute approximate surface area is 172 Å². The molecular weight excluding hydrogens is 360 g/mol. The zero-order chi connectivity index (χ0) is 20.1. The van der Waals surface area contributed by atoms with Crippen molar-refractivity contribution in [2.24, 2.45) is 0 Å². The van der Waals surface area contributed by atoms with Gasteiger partial charge in [0.25, 0.3) is 0 Å². The molecule has 0 aliphatic carbocycles. The summed E-state index contributed by atoms with van der Waals surface area (Å²) in [4.78, 5) is 17.8. The number of piperazine rings is 1. The Morgan fingerprint density at radius 3 is 2.21 bits per heavy atom. The normalized spacial score (nSPS) is 15.5. The third-order valence-corrected chi connectivity index (χ3v) is 5.77. The lowest BCUT2D eigenvalue weighted by Crippen LogP contribution is -2.46. The van der Waals surface area contributed by atoms with E-state index >= 15 is 0 Å². The van der Waals surface area contributed by atoms with Crippen molar-refractivity contribution in [3.63, 3.8) is 0 Å². The Bertz CT molecular complexity index is 963. The summed E-state index contributed by atoms with van der Waals surface area (Å²) in [6, 6.07) is 22.4. The predicted molar refractivity (Wildman–Crippen MR) is 118 cm³/mol. The number of Topliss-reactive ketones (excluding diaryl/α,β-unsaturated/α-hetero) is 1. The van der Waals surface area contributed by atoms with Gasteiger partial charge in [0.2, 0.25) is 0 Å². The standard InChI is InChI=1S/C25H28N2O2/c1-29-25-12-11-22(21-9-5-6-10-23(21)25)24(28)13-14-26-15-17-27(18-16-26)19-20-7-3-2-4-8-20/h2-12H,13-19H2,1H3. The van der Waals surface area contributed by atoms with Crippen molar-refractivity contribution in [2.45, 2.75) is 13.0 Å². The van der Waals surface area contributed by atoms with Crippen LogP contribution in [0.15, 0.2) is 66.7 Å². The van der Waals surface area contributed by atoms with E-state index in [4.69, 9.17) is 4.74 Å². The molecule has 4 nitrogen and oxygen atoms in total. The molecule has 150 valence electrons. The Morgan fingerprint density at radius 1 is 0.828 bits per heavy atom. The van der Waals surface area contributed by atoms with Crippen LogP contribution in [0.4, 0.5) is 0 Å². The fourth-order valence-electron chi connectivity index (χ4n) is 4.10. The second-order valence-corrected chi connectivity index (χ2v) is 7.64. The number of benzene rings is 3. The summed E-state index contributed by atoms with van der Waals surface area (Å²) in [7, 11) is 1.67. The van der Waals surface area contributed by atoms with Gasteiger partial charge in [0.1, 0.15) is 5.75 Å². The van der Waals surface area contributed by atoms with Crippen LogP contribution in [-0.4, -0.2) is 55.4 Å². The summed E-state index contributed by atoms with van der Waals surface area (Å²) in [6.45, 7) is 5.96. The molecule has 0 saturated carbocycles. The first-order chi connectivity index (χ1) is 14.2. The van der Waals surface area contributed by atoms with Crippen molar-refractivity contribution < 1.29 is 9.53 Å². The van der Waals surface area contributed by atoms with Crippen molar-refractivity contribution in [1.29, 1.82) is 0 Å². The molecule has 0 amide bonds. The molecule has 0 bridgehead atoms. The Balaban J connectivity index is 1.32. The average molecular weight is 389 g/mol. The summed E-state index contributed by atoms with van der Waals surface area (Å²) in [6.07, 6.45) is 0.551. The van der Waals surface area contributed by atoms with Gasteiger partial charge in [-0.25, -0.2) is 0 Å². The molecule has 0 radical (unpaired) electrons. The number of carbonyl (C=O) groups excluding carboxylic acids is 1. The van der Waals surface area contributed by atoms with E-state index in [-0.39, 0.29) is 5.78 Å². The van der Waals surface area contributed by atoms with E-state index in [9.17, 15) is 4.79 Å². The molecule has 0 unspecified atom stereocenters. The fraction of sp³-hybridized carbons (Fsp3) is 0.320. The van der Waals surface area contributed by atoms with Gasteiger partial charge in [0.15, 0.2) is 5.78 Å². The second kappa shape index (κ2) is 9.21. The summed E-state index contributed by atoms with van der Waals surface area (Å²) in [5, 5.41) is 1.97. The largest absolute Gasteiger partial charge is 0.496 e. The lowest BCUT2D eigenvalue weighted by Gasteiger charge is -2.34. The van der Waals surface area contributed by atoms with Crippen molar-refractivity contribution in [3.8, 4) is 5.75 Å². The van der Waals surface area contributed by atoms with Crippen LogP contribution in [0.3, 0.4) is 0 Å². The third-order valence-electron chi connectivity index (χ3n) is 5.77. The van der Waals surface area contributed by atoms with Crippen molar-refractivity contribution in [3.05, 3.63) is 77.9 Å². The molecule has 4 rings (SSSR count). The molecule has 1 aliphatic heterocycles. The SMILES string of the molecule is COc1ccc(C(=O)CCN2CCN(Cc3ccccc3)CC2)c2ccccc12. The quantitative estimate of drug-likeness (QED) is 0.567. The molecule has 1 heterocycles. The van der Waals surface area contributed by atoms with E-state index in [0.717, 1.165) is 61.4 Å². The Hall–Kier alpha value is -2.69. The number of nitrogens with zero attached hydrogens (tertiary/aromatic N) is 2. The van der Waals surface area contributed by atoms with Gasteiger partial charge in [0, 0.05) is 56.6 Å². The molecule has 1 fully saturated rings. The van der Waals surface area contributed by atoms with Crippen LogP contribution in [0.2, 0.25) is 0 Å². The molecule has 1 aliphatic rings. The maximum Gasteiger partial charge on any atom is 0.164 e. The number of ketones is 1. The number of fused-ring (bicyclic) bond motifs is 1. The van der Waals surface area contributed by atoms with Crippen molar-refractivity contribution in [1.82, 2.24) is 9.80 Å². The molecule has 3 aromatic carbocycles. The van der Waals surface area contributed by atoms with Crippen molar-refractivity contribution in [2.75, 3.05) is 39.8 Å². The maximum atomic E-state index is 12.9. The van der Waals surface area contributed by atoms with Gasteiger partial charge in [-0.15, -0.1) is 0 Å². The minimum atomic E-state index is 0.204. The van der Waals surface area contributed by atoms with Crippen molar-refractivity contribution >= 4 is 16.6 Å². The zero-order valence-electron chi connectivity index (χ0n) is 17.0. The summed E-state index contributed by atoms with van der Waals surface area (Å²) >= 11 is 0. The highest BCUT2D eigenvalue weighted by molar-refractivity contribution is 6.09. The smallest absolute Gasteiger partial charge is 0.164 e. The number of hydrogen-bond acceptors (Lipinski definition) is 4. The second-order valence-electron chi connectivity index (χ2n) is 7.64. The maximum absolute atomic E-state index is 12.9. The van der Waals surface area contributed by atoms with Gasteiger partial charge < -0.3 is 9.64 Å². The molecule has 0 atom stereocenters. The van der Waals surface area contributed by atoms with Crippen LogP contribution in [-0.2, 0) is 6.54 Å². The first-order valence-electron chi connectivity index (χ1n) is 10.3. The van der Waals surface area contributed by atoms with Gasteiger partial charge in [-0.1, -0.05) is 54.6 Å². The number of ether oxygens (including phenoxy) is 1. The van der Waals surface area contributed by atoms with E-state index in [0.29, 0.717) is 6.42 Å². The van der Waals surface area contributed by atoms with Gasteiger partial charge in [-0.3, -0.25) is 9.69 Å². The van der Waals surface area contributed by atoms with E-state index in [1.165, 1.54) is 5.56 Å². The van der Waals surface area contributed by atoms with Crippen LogP contribution in [0.1, 0.15) is 22.3 Å². The van der Waals surface area contributed by atoms with E-state index < -0.39 is 0 Å². The topological polar surface area (TPSA) is 32.8 Å². The van der Waals surface area contributed by atoms with Crippen LogP contribution in [0.25, 0.3) is 10.8 Å². The Morgan fingerprint density at radius 2 is 1.48 bits per heavy atom. The first-order valence-corrected chi connectivity index (χ1v) is 10.3. The Kier molecular flexibility index (Phi) is 6.23. The average Bonchev–Trinajstić information content (AvgIpc) is 2.78. The summed E-state index contributed by atoms with van der Waals surface area (Å²) < 4.78 is 5.45. The number of rotatable bonds is 7. The molecule has 3 aromatic rings. The molecule has 4 heteroatoms. The highest BCUT2D eigenvalue weighted by atomic mass is 16.5. The van der Waals surface area contributed by atoms with Crippen LogP contribution < -0.4 is 4.74 Å². The highest BCUT2D eigenvalue weighted by Crippen LogP contribution is 2.29. The summed E-state index contributed by atoms with van der Waals surface area (Å²) in [5.41, 5.74) is 2.16. The van der Waals surface area contributed by atoms with E-state index in [2.05, 4.69) is 40.1 Å². The number of carbonyl (C=O) groups is 1. The molecule has 0 spiro atoms. The number of methoxy groups -OCH3 is 1. The van der Waals surface area contributed by atoms with E-state index in [1.807, 2.05) is 36.4 Å². The zero-order valence-corrected chi connectivity index (χ0v) is 17.0. The van der Waals surface area contributed by atoms with Gasteiger partial charge in [0.05, 0.1) is 7.11 Å². The lowest BCUT2D eigenvalue weighted by atomic mass is 9.99. The molecule has 1 saturated heterocycles. The highest BCUT2D eigenvalue weighted by Gasteiger charge is 2.19. The fourth-order valence-corrected chi connectivity index (χ4v) is 4.10. The molecule has 0 N–H and O–H groups in total. The molecule has 29 heavy (non-hydrogen) atoms. The first kappa shape index (κ1) is 19.6. The van der Waals surface area contributed by atoms with Crippen LogP contribution >= 0.6 is 0 Å². The monoisotopic (exact) mass is 388 g/mol. The molecule has 0 aromatic heterocycles. The van der Waals surface area contributed by atoms with Crippen LogP contribution in [0.5, 0.6) is 5.75 Å². The van der Waals surface area contributed by atoms with E-state index in [1.54, 1.807) is 7.11 Å². The van der Waals surface area contributed by atoms with Crippen LogP contribution in [0, 0.1) is 0 Å². The minimum Gasteiger partial charge on any atom is -0.496 e. The minimum absolute atomic E-state index is 0.204.